The van der Waals surface area contributed by atoms with Crippen LogP contribution in [0.25, 0.3) is 10.1 Å². The minimum absolute atomic E-state index is 0.221. The lowest BCUT2D eigenvalue weighted by molar-refractivity contribution is 0.300. The molecule has 0 aliphatic rings. The maximum absolute atomic E-state index is 8.86. The van der Waals surface area contributed by atoms with Gasteiger partial charge in [-0.3, -0.25) is 0 Å². The molecule has 0 aliphatic heterocycles. The molecule has 1 aromatic carbocycles. The normalized spacial score (nSPS) is 10.9. The number of hydrogen-bond acceptors (Lipinski definition) is 2. The first-order chi connectivity index (χ1) is 6.33. The van der Waals surface area contributed by atoms with Crippen molar-refractivity contribution in [3.63, 3.8) is 0 Å². The van der Waals surface area contributed by atoms with Crippen LogP contribution in [0.5, 0.6) is 0 Å². The van der Waals surface area contributed by atoms with E-state index in [9.17, 15) is 0 Å². The highest BCUT2D eigenvalue weighted by Crippen LogP contribution is 2.32. The Morgan fingerprint density at radius 1 is 1.38 bits per heavy atom. The van der Waals surface area contributed by atoms with Crippen LogP contribution in [0.15, 0.2) is 28.1 Å². The Morgan fingerprint density at radius 2 is 2.23 bits per heavy atom. The molecule has 0 spiro atoms. The Balaban J connectivity index is 2.61. The average molecular weight is 257 g/mol. The van der Waals surface area contributed by atoms with E-state index in [1.165, 1.54) is 15.6 Å². The molecule has 0 radical (unpaired) electrons. The van der Waals surface area contributed by atoms with Crippen LogP contribution in [0, 0.1) is 0 Å². The standard InChI is InChI=1S/C10H9BrOS/c11-9-3-1-2-8-7(4-5-12)6-13-10(8)9/h1-3,6,12H,4-5H2. The topological polar surface area (TPSA) is 20.2 Å². The van der Waals surface area contributed by atoms with Crippen molar-refractivity contribution >= 4 is 37.4 Å². The Bertz CT molecular complexity index is 422. The van der Waals surface area contributed by atoms with E-state index < -0.39 is 0 Å². The lowest BCUT2D eigenvalue weighted by atomic mass is 10.1. The summed E-state index contributed by atoms with van der Waals surface area (Å²) in [4.78, 5) is 0. The predicted molar refractivity (Wildman–Crippen MR) is 60.3 cm³/mol. The van der Waals surface area contributed by atoms with Gasteiger partial charge in [-0.15, -0.1) is 11.3 Å². The second-order valence-corrected chi connectivity index (χ2v) is 4.59. The molecule has 3 heteroatoms. The summed E-state index contributed by atoms with van der Waals surface area (Å²) < 4.78 is 2.41. The molecular formula is C10H9BrOS. The number of benzene rings is 1. The molecule has 1 N–H and O–H groups in total. The van der Waals surface area contributed by atoms with Crippen LogP contribution in [0.3, 0.4) is 0 Å². The summed E-state index contributed by atoms with van der Waals surface area (Å²) in [6, 6.07) is 6.17. The van der Waals surface area contributed by atoms with Gasteiger partial charge in [0.1, 0.15) is 0 Å². The van der Waals surface area contributed by atoms with Gasteiger partial charge in [-0.05, 0) is 44.7 Å². The zero-order chi connectivity index (χ0) is 9.26. The number of rotatable bonds is 2. The van der Waals surface area contributed by atoms with Crippen LogP contribution in [0.2, 0.25) is 0 Å². The molecule has 2 rings (SSSR count). The summed E-state index contributed by atoms with van der Waals surface area (Å²) in [6.45, 7) is 0.221. The Kier molecular flexibility index (Phi) is 2.67. The SMILES string of the molecule is OCCc1csc2c(Br)cccc12. The van der Waals surface area contributed by atoms with E-state index in [0.717, 1.165) is 10.9 Å². The molecular weight excluding hydrogens is 248 g/mol. The summed E-state index contributed by atoms with van der Waals surface area (Å²) in [5, 5.41) is 12.2. The fraction of sp³-hybridized carbons (Fsp3) is 0.200. The molecule has 0 amide bonds. The maximum atomic E-state index is 8.86. The number of fused-ring (bicyclic) bond motifs is 1. The van der Waals surface area contributed by atoms with Crippen molar-refractivity contribution in [2.24, 2.45) is 0 Å². The zero-order valence-electron chi connectivity index (χ0n) is 6.96. The van der Waals surface area contributed by atoms with Crippen molar-refractivity contribution in [2.75, 3.05) is 6.61 Å². The second kappa shape index (κ2) is 3.78. The van der Waals surface area contributed by atoms with Gasteiger partial charge in [0, 0.05) is 15.8 Å². The molecule has 0 fully saturated rings. The minimum Gasteiger partial charge on any atom is -0.396 e. The van der Waals surface area contributed by atoms with Crippen LogP contribution in [-0.2, 0) is 6.42 Å². The van der Waals surface area contributed by atoms with Crippen molar-refractivity contribution in [1.29, 1.82) is 0 Å². The van der Waals surface area contributed by atoms with E-state index >= 15 is 0 Å². The number of aliphatic hydroxyl groups is 1. The summed E-state index contributed by atoms with van der Waals surface area (Å²) in [6.07, 6.45) is 0.746. The van der Waals surface area contributed by atoms with Gasteiger partial charge >= 0.3 is 0 Å². The molecule has 2 aromatic rings. The van der Waals surface area contributed by atoms with Gasteiger partial charge in [0.05, 0.1) is 0 Å². The van der Waals surface area contributed by atoms with Crippen LogP contribution >= 0.6 is 27.3 Å². The summed E-state index contributed by atoms with van der Waals surface area (Å²) in [7, 11) is 0. The monoisotopic (exact) mass is 256 g/mol. The maximum Gasteiger partial charge on any atom is 0.0487 e. The van der Waals surface area contributed by atoms with Crippen LogP contribution in [-0.4, -0.2) is 11.7 Å². The highest BCUT2D eigenvalue weighted by molar-refractivity contribution is 9.10. The van der Waals surface area contributed by atoms with Crippen molar-refractivity contribution in [3.05, 3.63) is 33.6 Å². The molecule has 1 nitrogen and oxygen atoms in total. The largest absolute Gasteiger partial charge is 0.396 e. The van der Waals surface area contributed by atoms with Gasteiger partial charge in [-0.25, -0.2) is 0 Å². The van der Waals surface area contributed by atoms with E-state index in [1.807, 2.05) is 12.1 Å². The Morgan fingerprint density at radius 3 is 3.00 bits per heavy atom. The molecule has 0 saturated carbocycles. The number of aliphatic hydroxyl groups excluding tert-OH is 1. The molecule has 0 saturated heterocycles. The van der Waals surface area contributed by atoms with Gasteiger partial charge in [-0.1, -0.05) is 12.1 Å². The Hall–Kier alpha value is -0.380. The molecule has 13 heavy (non-hydrogen) atoms. The van der Waals surface area contributed by atoms with E-state index in [0.29, 0.717) is 0 Å². The van der Waals surface area contributed by atoms with E-state index in [1.54, 1.807) is 11.3 Å². The number of hydrogen-bond donors (Lipinski definition) is 1. The van der Waals surface area contributed by atoms with Crippen molar-refractivity contribution < 1.29 is 5.11 Å². The first-order valence-electron chi connectivity index (χ1n) is 4.08. The lowest BCUT2D eigenvalue weighted by Crippen LogP contribution is -1.87. The van der Waals surface area contributed by atoms with Crippen molar-refractivity contribution in [1.82, 2.24) is 0 Å². The third kappa shape index (κ3) is 1.64. The molecule has 1 heterocycles. The number of thiophene rings is 1. The third-order valence-corrected chi connectivity index (χ3v) is 4.01. The molecule has 0 bridgehead atoms. The summed E-state index contributed by atoms with van der Waals surface area (Å²) in [5.74, 6) is 0. The molecule has 0 unspecified atom stereocenters. The quantitative estimate of drug-likeness (QED) is 0.875. The highest BCUT2D eigenvalue weighted by Gasteiger charge is 2.04. The van der Waals surface area contributed by atoms with E-state index in [4.69, 9.17) is 5.11 Å². The third-order valence-electron chi connectivity index (χ3n) is 2.01. The van der Waals surface area contributed by atoms with Crippen LogP contribution in [0.1, 0.15) is 5.56 Å². The van der Waals surface area contributed by atoms with E-state index in [2.05, 4.69) is 27.4 Å². The summed E-state index contributed by atoms with van der Waals surface area (Å²) in [5.41, 5.74) is 1.24. The fourth-order valence-corrected chi connectivity index (χ4v) is 3.05. The Labute approximate surface area is 89.1 Å². The van der Waals surface area contributed by atoms with E-state index in [-0.39, 0.29) is 6.61 Å². The smallest absolute Gasteiger partial charge is 0.0487 e. The molecule has 0 aliphatic carbocycles. The summed E-state index contributed by atoms with van der Waals surface area (Å²) >= 11 is 5.23. The van der Waals surface area contributed by atoms with Gasteiger partial charge in [0.15, 0.2) is 0 Å². The predicted octanol–water partition coefficient (Wildman–Crippen LogP) is 3.20. The molecule has 1 aromatic heterocycles. The van der Waals surface area contributed by atoms with Crippen LogP contribution in [0.4, 0.5) is 0 Å². The lowest BCUT2D eigenvalue weighted by Gasteiger charge is -1.96. The second-order valence-electron chi connectivity index (χ2n) is 2.85. The number of halogens is 1. The van der Waals surface area contributed by atoms with Crippen LogP contribution < -0.4 is 0 Å². The highest BCUT2D eigenvalue weighted by atomic mass is 79.9. The first-order valence-corrected chi connectivity index (χ1v) is 5.75. The molecule has 0 atom stereocenters. The van der Waals surface area contributed by atoms with Crippen molar-refractivity contribution in [2.45, 2.75) is 6.42 Å². The van der Waals surface area contributed by atoms with Gasteiger partial charge in [-0.2, -0.15) is 0 Å². The van der Waals surface area contributed by atoms with Gasteiger partial charge < -0.3 is 5.11 Å². The van der Waals surface area contributed by atoms with Gasteiger partial charge in [0.2, 0.25) is 0 Å². The average Bonchev–Trinajstić information content (AvgIpc) is 2.51. The fourth-order valence-electron chi connectivity index (χ4n) is 1.39. The van der Waals surface area contributed by atoms with Gasteiger partial charge in [0.25, 0.3) is 0 Å². The minimum atomic E-state index is 0.221. The zero-order valence-corrected chi connectivity index (χ0v) is 9.36. The molecule has 68 valence electrons. The first kappa shape index (κ1) is 9.19. The van der Waals surface area contributed by atoms with Crippen molar-refractivity contribution in [3.8, 4) is 0 Å².